The van der Waals surface area contributed by atoms with Crippen molar-refractivity contribution in [3.05, 3.63) is 0 Å². The van der Waals surface area contributed by atoms with E-state index in [0.29, 0.717) is 6.54 Å². The fraction of sp³-hybridized carbons (Fsp3) is 1.00. The molecule has 0 heterocycles. The Kier molecular flexibility index (Phi) is 4.94. The van der Waals surface area contributed by atoms with E-state index in [1.807, 2.05) is 0 Å². The van der Waals surface area contributed by atoms with Crippen LogP contribution in [0, 0.1) is 17.3 Å². The molecule has 0 aromatic carbocycles. The summed E-state index contributed by atoms with van der Waals surface area (Å²) >= 11 is 0. The van der Waals surface area contributed by atoms with Gasteiger partial charge in [-0.15, -0.1) is 0 Å². The molecule has 112 valence electrons. The van der Waals surface area contributed by atoms with Gasteiger partial charge in [0.25, 0.3) is 0 Å². The van der Waals surface area contributed by atoms with Crippen LogP contribution in [-0.4, -0.2) is 17.3 Å². The van der Waals surface area contributed by atoms with Crippen molar-refractivity contribution in [2.75, 3.05) is 6.54 Å². The van der Waals surface area contributed by atoms with E-state index < -0.39 is 5.60 Å². The number of nitrogens with two attached hydrogens (primary N) is 1. The van der Waals surface area contributed by atoms with Crippen molar-refractivity contribution in [3.63, 3.8) is 0 Å². The van der Waals surface area contributed by atoms with Crippen LogP contribution in [0.3, 0.4) is 0 Å². The van der Waals surface area contributed by atoms with Gasteiger partial charge >= 0.3 is 0 Å². The Morgan fingerprint density at radius 1 is 1.11 bits per heavy atom. The Balaban J connectivity index is 2.15. The minimum absolute atomic E-state index is 0.00724. The first kappa shape index (κ1) is 15.3. The van der Waals surface area contributed by atoms with Gasteiger partial charge in [0, 0.05) is 12.0 Å². The van der Waals surface area contributed by atoms with E-state index in [4.69, 9.17) is 5.73 Å². The molecule has 2 rings (SSSR count). The fourth-order valence-corrected chi connectivity index (χ4v) is 4.79. The molecule has 3 N–H and O–H groups in total. The average molecular weight is 267 g/mol. The maximum atomic E-state index is 11.4. The number of rotatable bonds is 3. The van der Waals surface area contributed by atoms with Gasteiger partial charge in [0.15, 0.2) is 0 Å². The van der Waals surface area contributed by atoms with Crippen LogP contribution >= 0.6 is 0 Å². The van der Waals surface area contributed by atoms with Gasteiger partial charge in [-0.3, -0.25) is 0 Å². The maximum absolute atomic E-state index is 11.4. The Bertz CT molecular complexity index is 293. The lowest BCUT2D eigenvalue weighted by atomic mass is 9.58. The number of aliphatic hydroxyl groups is 1. The lowest BCUT2D eigenvalue weighted by molar-refractivity contribution is -0.117. The van der Waals surface area contributed by atoms with Crippen LogP contribution in [0.15, 0.2) is 0 Å². The SMILES string of the molecule is CCC1CCCC(O)(C2(CN)CCCC(C)C2)CC1. The van der Waals surface area contributed by atoms with Crippen LogP contribution in [0.2, 0.25) is 0 Å². The van der Waals surface area contributed by atoms with Crippen molar-refractivity contribution in [1.29, 1.82) is 0 Å². The molecule has 2 fully saturated rings. The van der Waals surface area contributed by atoms with E-state index in [9.17, 15) is 5.11 Å². The van der Waals surface area contributed by atoms with E-state index in [-0.39, 0.29) is 5.41 Å². The monoisotopic (exact) mass is 267 g/mol. The minimum atomic E-state index is -0.486. The molecule has 19 heavy (non-hydrogen) atoms. The van der Waals surface area contributed by atoms with Crippen LogP contribution in [0.1, 0.15) is 78.1 Å². The van der Waals surface area contributed by atoms with Gasteiger partial charge in [-0.1, -0.05) is 46.0 Å². The van der Waals surface area contributed by atoms with Crippen molar-refractivity contribution in [3.8, 4) is 0 Å². The molecule has 0 aromatic rings. The molecular weight excluding hydrogens is 234 g/mol. The molecule has 2 aliphatic carbocycles. The first-order valence-electron chi connectivity index (χ1n) is 8.48. The normalized spacial score (nSPS) is 44.8. The fourth-order valence-electron chi connectivity index (χ4n) is 4.79. The number of hydrogen-bond acceptors (Lipinski definition) is 2. The molecule has 0 aromatic heterocycles. The Morgan fingerprint density at radius 3 is 2.47 bits per heavy atom. The third-order valence-electron chi connectivity index (χ3n) is 6.22. The standard InChI is InChI=1S/C17H33NO/c1-3-15-7-5-10-17(19,11-8-15)16(13-18)9-4-6-14(2)12-16/h14-15,19H,3-13,18H2,1-2H3. The van der Waals surface area contributed by atoms with E-state index >= 15 is 0 Å². The van der Waals surface area contributed by atoms with E-state index in [1.165, 1.54) is 38.5 Å². The van der Waals surface area contributed by atoms with Gasteiger partial charge < -0.3 is 10.8 Å². The van der Waals surface area contributed by atoms with Gasteiger partial charge in [0.1, 0.15) is 0 Å². The highest BCUT2D eigenvalue weighted by atomic mass is 16.3. The molecule has 0 bridgehead atoms. The molecule has 0 saturated heterocycles. The van der Waals surface area contributed by atoms with Crippen molar-refractivity contribution >= 4 is 0 Å². The zero-order chi connectivity index (χ0) is 13.9. The Hall–Kier alpha value is -0.0800. The molecular formula is C17H33NO. The predicted molar refractivity (Wildman–Crippen MR) is 80.9 cm³/mol. The van der Waals surface area contributed by atoms with Crippen LogP contribution in [-0.2, 0) is 0 Å². The van der Waals surface area contributed by atoms with Crippen LogP contribution in [0.5, 0.6) is 0 Å². The zero-order valence-electron chi connectivity index (χ0n) is 13.0. The molecule has 0 radical (unpaired) electrons. The Morgan fingerprint density at radius 2 is 1.84 bits per heavy atom. The van der Waals surface area contributed by atoms with Gasteiger partial charge in [0.2, 0.25) is 0 Å². The summed E-state index contributed by atoms with van der Waals surface area (Å²) in [5.74, 6) is 1.55. The zero-order valence-corrected chi connectivity index (χ0v) is 13.0. The summed E-state index contributed by atoms with van der Waals surface area (Å²) < 4.78 is 0. The molecule has 0 amide bonds. The molecule has 2 heteroatoms. The molecule has 0 aliphatic heterocycles. The second-order valence-corrected chi connectivity index (χ2v) is 7.42. The van der Waals surface area contributed by atoms with Gasteiger partial charge in [-0.2, -0.15) is 0 Å². The van der Waals surface area contributed by atoms with Gasteiger partial charge in [-0.25, -0.2) is 0 Å². The van der Waals surface area contributed by atoms with Crippen molar-refractivity contribution < 1.29 is 5.11 Å². The summed E-state index contributed by atoms with van der Waals surface area (Å²) in [5.41, 5.74) is 5.70. The van der Waals surface area contributed by atoms with Crippen LogP contribution < -0.4 is 5.73 Å². The second-order valence-electron chi connectivity index (χ2n) is 7.42. The largest absolute Gasteiger partial charge is 0.389 e. The highest BCUT2D eigenvalue weighted by Gasteiger charge is 2.50. The average Bonchev–Trinajstić information content (AvgIpc) is 2.61. The lowest BCUT2D eigenvalue weighted by Crippen LogP contribution is -2.54. The van der Waals surface area contributed by atoms with Crippen molar-refractivity contribution in [2.45, 2.75) is 83.7 Å². The number of hydrogen-bond donors (Lipinski definition) is 2. The molecule has 2 saturated carbocycles. The second kappa shape index (κ2) is 6.13. The molecule has 4 unspecified atom stereocenters. The summed E-state index contributed by atoms with van der Waals surface area (Å²) in [6.07, 6.45) is 11.7. The minimum Gasteiger partial charge on any atom is -0.389 e. The molecule has 0 spiro atoms. The third kappa shape index (κ3) is 3.00. The summed E-state index contributed by atoms with van der Waals surface area (Å²) in [6, 6.07) is 0. The van der Waals surface area contributed by atoms with E-state index in [1.54, 1.807) is 0 Å². The summed E-state index contributed by atoms with van der Waals surface area (Å²) in [5, 5.41) is 11.4. The summed E-state index contributed by atoms with van der Waals surface area (Å²) in [7, 11) is 0. The predicted octanol–water partition coefficient (Wildman–Crippen LogP) is 3.86. The van der Waals surface area contributed by atoms with Gasteiger partial charge in [-0.05, 0) is 43.9 Å². The quantitative estimate of drug-likeness (QED) is 0.763. The smallest absolute Gasteiger partial charge is 0.0716 e. The van der Waals surface area contributed by atoms with E-state index in [2.05, 4.69) is 13.8 Å². The third-order valence-corrected chi connectivity index (χ3v) is 6.22. The highest BCUT2D eigenvalue weighted by molar-refractivity contribution is 5.03. The lowest BCUT2D eigenvalue weighted by Gasteiger charge is -2.51. The van der Waals surface area contributed by atoms with Crippen LogP contribution in [0.4, 0.5) is 0 Å². The first-order valence-corrected chi connectivity index (χ1v) is 8.48. The van der Waals surface area contributed by atoms with Crippen molar-refractivity contribution in [1.82, 2.24) is 0 Å². The summed E-state index contributed by atoms with van der Waals surface area (Å²) in [6.45, 7) is 5.29. The van der Waals surface area contributed by atoms with Gasteiger partial charge in [0.05, 0.1) is 5.60 Å². The first-order chi connectivity index (χ1) is 9.05. The molecule has 2 nitrogen and oxygen atoms in total. The molecule has 4 atom stereocenters. The topological polar surface area (TPSA) is 46.2 Å². The molecule has 2 aliphatic rings. The highest BCUT2D eigenvalue weighted by Crippen LogP contribution is 2.51. The van der Waals surface area contributed by atoms with Crippen LogP contribution in [0.25, 0.3) is 0 Å². The van der Waals surface area contributed by atoms with Crippen molar-refractivity contribution in [2.24, 2.45) is 23.0 Å². The maximum Gasteiger partial charge on any atom is 0.0716 e. The summed E-state index contributed by atoms with van der Waals surface area (Å²) in [4.78, 5) is 0. The Labute approximate surface area is 119 Å². The van der Waals surface area contributed by atoms with E-state index in [0.717, 1.165) is 37.5 Å².